The van der Waals surface area contributed by atoms with E-state index < -0.39 is 28.3 Å². The van der Waals surface area contributed by atoms with Crippen molar-refractivity contribution in [2.75, 3.05) is 6.54 Å². The number of rotatable bonds is 3. The van der Waals surface area contributed by atoms with E-state index in [1.54, 1.807) is 24.5 Å². The molecule has 0 unspecified atom stereocenters. The summed E-state index contributed by atoms with van der Waals surface area (Å²) in [5.41, 5.74) is 0.726. The van der Waals surface area contributed by atoms with Gasteiger partial charge in [-0.25, -0.2) is 4.31 Å². The normalized spacial score (nSPS) is 24.7. The summed E-state index contributed by atoms with van der Waals surface area (Å²) in [7, 11) is -4.54. The number of amides is 2. The first-order valence-electron chi connectivity index (χ1n) is 6.38. The Morgan fingerprint density at radius 1 is 1.48 bits per heavy atom. The third-order valence-electron chi connectivity index (χ3n) is 3.78. The number of nitrogens with zero attached hydrogens (tertiary/aromatic N) is 3. The fraction of sp³-hybridized carbons (Fsp3) is 0.417. The number of fused-ring (bicyclic) bond motifs is 1. The van der Waals surface area contributed by atoms with Crippen molar-refractivity contribution in [2.24, 2.45) is 0 Å². The van der Waals surface area contributed by atoms with E-state index in [0.717, 1.165) is 5.56 Å². The quantitative estimate of drug-likeness (QED) is 0.580. The summed E-state index contributed by atoms with van der Waals surface area (Å²) in [6, 6.07) is 2.04. The maximum Gasteiger partial charge on any atom is 0.362 e. The standard InChI is InChI=1S/C12H13N3O5S/c16-10(6-8-2-1-4-13-7-8)14-5-3-9-11(14)12(17)15(9)21(18,19)20/h1-2,4,7,9,11H,3,5-6H2,(H,18,19,20)/t9-,11+/m1/s1. The largest absolute Gasteiger partial charge is 0.362 e. The van der Waals surface area contributed by atoms with E-state index in [-0.39, 0.29) is 12.3 Å². The third kappa shape index (κ3) is 2.28. The van der Waals surface area contributed by atoms with Crippen LogP contribution in [0.4, 0.5) is 0 Å². The zero-order chi connectivity index (χ0) is 15.2. The first-order chi connectivity index (χ1) is 9.89. The van der Waals surface area contributed by atoms with Crippen LogP contribution in [0.25, 0.3) is 0 Å². The molecule has 3 rings (SSSR count). The lowest BCUT2D eigenvalue weighted by atomic mass is 10.00. The Bertz CT molecular complexity index is 690. The maximum atomic E-state index is 12.2. The number of pyridine rings is 1. The molecule has 0 radical (unpaired) electrons. The molecule has 0 aliphatic carbocycles. The molecule has 2 amide bonds. The van der Waals surface area contributed by atoms with E-state index >= 15 is 0 Å². The van der Waals surface area contributed by atoms with Crippen LogP contribution in [0.2, 0.25) is 0 Å². The molecule has 8 nitrogen and oxygen atoms in total. The number of hydrogen-bond donors (Lipinski definition) is 1. The molecule has 0 bridgehead atoms. The second-order valence-corrected chi connectivity index (χ2v) is 6.33. The van der Waals surface area contributed by atoms with Crippen LogP contribution in [0.15, 0.2) is 24.5 Å². The average molecular weight is 311 g/mol. The molecule has 112 valence electrons. The molecule has 21 heavy (non-hydrogen) atoms. The highest BCUT2D eigenvalue weighted by atomic mass is 32.2. The van der Waals surface area contributed by atoms with E-state index in [1.165, 1.54) is 4.90 Å². The van der Waals surface area contributed by atoms with Gasteiger partial charge in [0, 0.05) is 18.9 Å². The molecule has 1 N–H and O–H groups in total. The van der Waals surface area contributed by atoms with Crippen molar-refractivity contribution >= 4 is 22.1 Å². The molecule has 1 aromatic heterocycles. The zero-order valence-corrected chi connectivity index (χ0v) is 11.7. The maximum absolute atomic E-state index is 12.2. The highest BCUT2D eigenvalue weighted by Crippen LogP contribution is 2.35. The molecule has 1 aromatic rings. The van der Waals surface area contributed by atoms with Crippen molar-refractivity contribution in [3.8, 4) is 0 Å². The molecule has 9 heteroatoms. The van der Waals surface area contributed by atoms with Gasteiger partial charge >= 0.3 is 10.3 Å². The summed E-state index contributed by atoms with van der Waals surface area (Å²) in [5, 5.41) is 0. The smallest absolute Gasteiger partial charge is 0.328 e. The van der Waals surface area contributed by atoms with Gasteiger partial charge in [-0.3, -0.25) is 19.1 Å². The minimum Gasteiger partial charge on any atom is -0.328 e. The predicted molar refractivity (Wildman–Crippen MR) is 70.2 cm³/mol. The number of β-lactam (4-membered cyclic amide) rings is 1. The van der Waals surface area contributed by atoms with Gasteiger partial charge in [-0.2, -0.15) is 8.42 Å². The monoisotopic (exact) mass is 311 g/mol. The highest BCUT2D eigenvalue weighted by molar-refractivity contribution is 7.84. The van der Waals surface area contributed by atoms with Gasteiger partial charge in [-0.15, -0.1) is 0 Å². The SMILES string of the molecule is O=C(Cc1cccnc1)N1CC[C@@H]2[C@H]1C(=O)N2S(=O)(=O)O. The Morgan fingerprint density at radius 2 is 2.24 bits per heavy atom. The molecular formula is C12H13N3O5S. The second-order valence-electron chi connectivity index (χ2n) is 5.04. The third-order valence-corrected chi connectivity index (χ3v) is 4.73. The van der Waals surface area contributed by atoms with Gasteiger partial charge in [0.1, 0.15) is 6.04 Å². The lowest BCUT2D eigenvalue weighted by Gasteiger charge is -2.42. The molecular weight excluding hydrogens is 298 g/mol. The van der Waals surface area contributed by atoms with Crippen molar-refractivity contribution in [3.63, 3.8) is 0 Å². The van der Waals surface area contributed by atoms with Crippen LogP contribution in [0.1, 0.15) is 12.0 Å². The summed E-state index contributed by atoms with van der Waals surface area (Å²) >= 11 is 0. The first kappa shape index (κ1) is 14.0. The van der Waals surface area contributed by atoms with E-state index in [9.17, 15) is 18.0 Å². The zero-order valence-electron chi connectivity index (χ0n) is 10.9. The van der Waals surface area contributed by atoms with Crippen molar-refractivity contribution in [1.29, 1.82) is 0 Å². The molecule has 2 atom stereocenters. The number of aromatic nitrogens is 1. The van der Waals surface area contributed by atoms with Crippen LogP contribution < -0.4 is 0 Å². The van der Waals surface area contributed by atoms with Gasteiger partial charge in [0.15, 0.2) is 0 Å². The number of carbonyl (C=O) groups is 2. The van der Waals surface area contributed by atoms with Gasteiger partial charge in [0.2, 0.25) is 5.91 Å². The van der Waals surface area contributed by atoms with Gasteiger partial charge in [-0.1, -0.05) is 6.07 Å². The van der Waals surface area contributed by atoms with Gasteiger partial charge < -0.3 is 4.90 Å². The molecule has 2 aliphatic heterocycles. The number of carbonyl (C=O) groups excluding carboxylic acids is 2. The minimum atomic E-state index is -4.54. The number of hydrogen-bond acceptors (Lipinski definition) is 5. The van der Waals surface area contributed by atoms with E-state index in [1.807, 2.05) is 0 Å². The molecule has 0 saturated carbocycles. The summed E-state index contributed by atoms with van der Waals surface area (Å²) in [5.74, 6) is -1.00. The van der Waals surface area contributed by atoms with Crippen molar-refractivity contribution in [3.05, 3.63) is 30.1 Å². The Kier molecular flexibility index (Phi) is 3.18. The minimum absolute atomic E-state index is 0.107. The summed E-state index contributed by atoms with van der Waals surface area (Å²) in [6.07, 6.45) is 3.61. The van der Waals surface area contributed by atoms with E-state index in [2.05, 4.69) is 4.98 Å². The summed E-state index contributed by atoms with van der Waals surface area (Å²) < 4.78 is 31.6. The second kappa shape index (κ2) is 4.78. The topological polar surface area (TPSA) is 108 Å². The van der Waals surface area contributed by atoms with Crippen LogP contribution in [0.3, 0.4) is 0 Å². The molecule has 0 spiro atoms. The van der Waals surface area contributed by atoms with Crippen LogP contribution >= 0.6 is 0 Å². The van der Waals surface area contributed by atoms with E-state index in [0.29, 0.717) is 17.3 Å². The van der Waals surface area contributed by atoms with Crippen molar-refractivity contribution < 1.29 is 22.6 Å². The van der Waals surface area contributed by atoms with Gasteiger partial charge in [-0.05, 0) is 18.1 Å². The van der Waals surface area contributed by atoms with Crippen LogP contribution in [-0.2, 0) is 26.3 Å². The Hall–Kier alpha value is -2.00. The van der Waals surface area contributed by atoms with Crippen LogP contribution in [-0.4, -0.2) is 57.6 Å². The molecule has 2 aliphatic rings. The van der Waals surface area contributed by atoms with Gasteiger partial charge in [0.25, 0.3) is 5.91 Å². The molecule has 2 saturated heterocycles. The Balaban J connectivity index is 1.72. The highest BCUT2D eigenvalue weighted by Gasteiger charge is 2.59. The molecule has 2 fully saturated rings. The Morgan fingerprint density at radius 3 is 2.86 bits per heavy atom. The summed E-state index contributed by atoms with van der Waals surface area (Å²) in [6.45, 7) is 0.298. The first-order valence-corrected chi connectivity index (χ1v) is 7.78. The fourth-order valence-electron chi connectivity index (χ4n) is 2.87. The van der Waals surface area contributed by atoms with Crippen molar-refractivity contribution in [1.82, 2.24) is 14.2 Å². The fourth-order valence-corrected chi connectivity index (χ4v) is 3.77. The molecule has 3 heterocycles. The van der Waals surface area contributed by atoms with E-state index in [4.69, 9.17) is 4.55 Å². The summed E-state index contributed by atoms with van der Waals surface area (Å²) in [4.78, 5) is 29.3. The number of likely N-dealkylation sites (tertiary alicyclic amines) is 1. The Labute approximate surface area is 121 Å². The van der Waals surface area contributed by atoms with Crippen molar-refractivity contribution in [2.45, 2.75) is 24.9 Å². The lowest BCUT2D eigenvalue weighted by molar-refractivity contribution is -0.151. The predicted octanol–water partition coefficient (Wildman–Crippen LogP) is -0.761. The average Bonchev–Trinajstić information content (AvgIpc) is 2.77. The molecule has 0 aromatic carbocycles. The van der Waals surface area contributed by atoms with Crippen LogP contribution in [0.5, 0.6) is 0 Å². The van der Waals surface area contributed by atoms with Gasteiger partial charge in [0.05, 0.1) is 12.5 Å². The van der Waals surface area contributed by atoms with Crippen LogP contribution in [0, 0.1) is 0 Å². The lowest BCUT2D eigenvalue weighted by Crippen LogP contribution is -2.68.